The van der Waals surface area contributed by atoms with E-state index in [2.05, 4.69) is 45.7 Å². The minimum absolute atomic E-state index is 0. The van der Waals surface area contributed by atoms with Crippen LogP contribution in [0.5, 0.6) is 0 Å². The molecule has 0 aromatic heterocycles. The Labute approximate surface area is 349 Å². The van der Waals surface area contributed by atoms with Gasteiger partial charge in [-0.25, -0.2) is 25.3 Å². The van der Waals surface area contributed by atoms with Crippen LogP contribution in [0, 0.1) is 57.7 Å². The van der Waals surface area contributed by atoms with Crippen molar-refractivity contribution in [1.82, 2.24) is 0 Å². The Morgan fingerprint density at radius 2 is 1.17 bits per heavy atom. The van der Waals surface area contributed by atoms with Crippen molar-refractivity contribution in [3.05, 3.63) is 0 Å². The summed E-state index contributed by atoms with van der Waals surface area (Å²) in [4.78, 5) is 0. The third kappa shape index (κ3) is 11.3. The molecule has 0 aromatic rings. The number of fused-ring (bicyclic) bond motifs is 5. The topological polar surface area (TPSA) is 199 Å². The molecule has 0 bridgehead atoms. The molecule has 0 radical (unpaired) electrons. The third-order valence-electron chi connectivity index (χ3n) is 12.6. The molecule has 258 valence electrons. The van der Waals surface area contributed by atoms with Crippen LogP contribution in [0.2, 0.25) is 0 Å². The fourth-order valence-corrected chi connectivity index (χ4v) is 11.7. The Balaban J connectivity index is 0.00000368. The normalized spacial score (nSPS) is 38.7. The number of rotatable bonds is 10. The molecule has 0 amide bonds. The summed E-state index contributed by atoms with van der Waals surface area (Å²) in [6.45, 7) is 15.6. The Hall–Kier alpha value is 2.61. The van der Waals surface area contributed by atoms with Crippen molar-refractivity contribution in [2.75, 3.05) is 0 Å². The van der Waals surface area contributed by atoms with Crippen LogP contribution in [-0.2, 0) is 43.7 Å². The van der Waals surface area contributed by atoms with Crippen LogP contribution in [0.15, 0.2) is 0 Å². The van der Waals surface area contributed by atoms with Gasteiger partial charge in [-0.05, 0) is 109 Å². The smallest absolute Gasteiger partial charge is 0.726 e. The maximum absolute atomic E-state index is 11.9. The van der Waals surface area contributed by atoms with Crippen molar-refractivity contribution >= 4 is 31.2 Å². The maximum atomic E-state index is 11.9. The van der Waals surface area contributed by atoms with Gasteiger partial charge in [-0.15, -0.1) is 0 Å². The van der Waals surface area contributed by atoms with Gasteiger partial charge in [-0.1, -0.05) is 54.9 Å². The Morgan fingerprint density at radius 3 is 1.68 bits per heavy atom. The fraction of sp³-hybridized carbons (Fsp3) is 1.00. The van der Waals surface area contributed by atoms with E-state index in [-0.39, 0.29) is 137 Å². The van der Waals surface area contributed by atoms with Gasteiger partial charge in [0.1, 0.15) is 12.2 Å². The van der Waals surface area contributed by atoms with Crippen molar-refractivity contribution in [1.29, 1.82) is 0 Å². The van der Waals surface area contributed by atoms with E-state index >= 15 is 0 Å². The zero-order valence-electron chi connectivity index (χ0n) is 29.8. The van der Waals surface area contributed by atoms with Crippen LogP contribution in [0.3, 0.4) is 0 Å². The molecular formula is C29H49Na3O12S3. The second-order valence-electron chi connectivity index (χ2n) is 15.8. The summed E-state index contributed by atoms with van der Waals surface area (Å²) in [5.74, 6) is 0.809. The second kappa shape index (κ2) is 17.0. The molecule has 4 fully saturated rings. The quantitative estimate of drug-likeness (QED) is 0.118. The van der Waals surface area contributed by atoms with Gasteiger partial charge in [0.25, 0.3) is 0 Å². The van der Waals surface area contributed by atoms with Crippen molar-refractivity contribution in [2.24, 2.45) is 57.7 Å². The molecule has 0 N–H and O–H groups in total. The molecule has 12 nitrogen and oxygen atoms in total. The van der Waals surface area contributed by atoms with E-state index in [0.29, 0.717) is 17.8 Å². The van der Waals surface area contributed by atoms with Crippen LogP contribution in [0.1, 0.15) is 106 Å². The first-order chi connectivity index (χ1) is 19.8. The molecule has 0 aromatic carbocycles. The van der Waals surface area contributed by atoms with Gasteiger partial charge in [-0.2, -0.15) is 0 Å². The summed E-state index contributed by atoms with van der Waals surface area (Å²) in [6.07, 6.45) is 1.15. The van der Waals surface area contributed by atoms with Gasteiger partial charge >= 0.3 is 88.7 Å². The van der Waals surface area contributed by atoms with E-state index in [1.54, 1.807) is 0 Å². The first kappa shape index (κ1) is 47.6. The molecule has 47 heavy (non-hydrogen) atoms. The predicted octanol–water partition coefficient (Wildman–Crippen LogP) is -4.49. The van der Waals surface area contributed by atoms with Gasteiger partial charge in [0.05, 0.1) is 6.10 Å². The standard InChI is InChI=1S/C29H52O12S3.3Na/c1-17(8-9-18(2)27(3,4)5)20-10-11-21-19-14-24(39-42(30,31)32)23-15-25(40-43(33,34)35)26(41-44(36,37)38)16-29(23,7)22(19)12-13-28(20,21)6;;;/h17-26H,8-16H2,1-7H3,(H,30,31,32)(H,33,34,35)(H,36,37,38);;;/q;3*+1/p-3/t17-,18?,19?,20-,21?,22?,23?,24+,25+,26+,28-,29-;;;/m1.../s1. The Bertz CT molecular complexity index is 1390. The summed E-state index contributed by atoms with van der Waals surface area (Å²) >= 11 is 0. The summed E-state index contributed by atoms with van der Waals surface area (Å²) in [7, 11) is -15.8. The summed E-state index contributed by atoms with van der Waals surface area (Å²) in [5.41, 5.74) is -0.700. The summed E-state index contributed by atoms with van der Waals surface area (Å²) in [6, 6.07) is 0. The van der Waals surface area contributed by atoms with Crippen molar-refractivity contribution in [3.8, 4) is 0 Å². The van der Waals surface area contributed by atoms with Gasteiger partial charge < -0.3 is 13.7 Å². The molecule has 4 saturated carbocycles. The van der Waals surface area contributed by atoms with E-state index in [0.717, 1.165) is 38.5 Å². The van der Waals surface area contributed by atoms with Crippen LogP contribution >= 0.6 is 0 Å². The van der Waals surface area contributed by atoms with E-state index in [9.17, 15) is 38.9 Å². The zero-order chi connectivity index (χ0) is 33.3. The molecular weight excluding hydrogens is 705 g/mol. The van der Waals surface area contributed by atoms with Crippen LogP contribution < -0.4 is 88.7 Å². The molecule has 4 aliphatic carbocycles. The van der Waals surface area contributed by atoms with Gasteiger partial charge in [-0.3, -0.25) is 12.5 Å². The molecule has 0 aliphatic heterocycles. The Morgan fingerprint density at radius 1 is 0.681 bits per heavy atom. The Kier molecular flexibility index (Phi) is 17.2. The zero-order valence-corrected chi connectivity index (χ0v) is 38.2. The average molecular weight is 755 g/mol. The van der Waals surface area contributed by atoms with E-state index < -0.39 is 60.8 Å². The molecule has 18 heteroatoms. The number of hydrogen-bond donors (Lipinski definition) is 0. The predicted molar refractivity (Wildman–Crippen MR) is 157 cm³/mol. The van der Waals surface area contributed by atoms with Crippen molar-refractivity contribution in [3.63, 3.8) is 0 Å². The van der Waals surface area contributed by atoms with E-state index in [1.807, 2.05) is 6.92 Å². The molecule has 12 atom stereocenters. The fourth-order valence-electron chi connectivity index (χ4n) is 10.1. The van der Waals surface area contributed by atoms with Gasteiger partial charge in [0, 0.05) is 0 Å². The maximum Gasteiger partial charge on any atom is 1.00 e. The molecule has 0 heterocycles. The van der Waals surface area contributed by atoms with E-state index in [1.165, 1.54) is 0 Å². The van der Waals surface area contributed by atoms with Crippen LogP contribution in [-0.4, -0.2) is 57.2 Å². The summed E-state index contributed by atoms with van der Waals surface area (Å²) < 4.78 is 120. The molecule has 4 rings (SSSR count). The van der Waals surface area contributed by atoms with Crippen molar-refractivity contribution in [2.45, 2.75) is 125 Å². The number of hydrogen-bond acceptors (Lipinski definition) is 12. The molecule has 5 unspecified atom stereocenters. The summed E-state index contributed by atoms with van der Waals surface area (Å²) in [5, 5.41) is 0. The van der Waals surface area contributed by atoms with Crippen molar-refractivity contribution < 1.29 is 140 Å². The van der Waals surface area contributed by atoms with E-state index in [4.69, 9.17) is 8.37 Å². The largest absolute Gasteiger partial charge is 1.00 e. The average Bonchev–Trinajstić information content (AvgIpc) is 3.17. The molecule has 0 spiro atoms. The van der Waals surface area contributed by atoms with Gasteiger partial charge in [0.15, 0.2) is 0 Å². The minimum atomic E-state index is -5.35. The van der Waals surface area contributed by atoms with Gasteiger partial charge in [0.2, 0.25) is 31.2 Å². The van der Waals surface area contributed by atoms with Crippen LogP contribution in [0.4, 0.5) is 0 Å². The molecule has 0 saturated heterocycles. The van der Waals surface area contributed by atoms with Crippen LogP contribution in [0.25, 0.3) is 0 Å². The minimum Gasteiger partial charge on any atom is -0.726 e. The second-order valence-corrected chi connectivity index (χ2v) is 18.9. The SMILES string of the molecule is CC(CC[C@@H](C)[C@H]1CCC2C3C[C@H](OS(=O)(=O)[O-])C4C[C@H](OS(=O)(=O)[O-])[C@@H](OS(=O)(=O)[O-])C[C@]4(C)C3CC[C@@]21C)C(C)(C)C.[Na+].[Na+].[Na+]. The first-order valence-electron chi connectivity index (χ1n) is 15.8. The first-order valence-corrected chi connectivity index (χ1v) is 19.8. The molecule has 4 aliphatic rings. The third-order valence-corrected chi connectivity index (χ3v) is 14.1. The monoisotopic (exact) mass is 754 g/mol.